The molecule has 0 aromatic carbocycles. The fraction of sp³-hybridized carbons (Fsp3) is 0.750. The molecule has 1 saturated carbocycles. The highest BCUT2D eigenvalue weighted by atomic mass is 16.5. The van der Waals surface area contributed by atoms with Crippen molar-refractivity contribution >= 4 is 5.69 Å². The van der Waals surface area contributed by atoms with Crippen LogP contribution in [0.3, 0.4) is 0 Å². The molecule has 0 radical (unpaired) electrons. The SMILES string of the molecule is CN(C)c1cc[n+](COC2CCCCCCCCCCC2)cc1. The Hall–Kier alpha value is -1.09. The van der Waals surface area contributed by atoms with Crippen LogP contribution in [0, 0.1) is 0 Å². The summed E-state index contributed by atoms with van der Waals surface area (Å²) in [5, 5.41) is 0. The zero-order chi connectivity index (χ0) is 16.3. The summed E-state index contributed by atoms with van der Waals surface area (Å²) in [6.07, 6.45) is 19.7. The highest BCUT2D eigenvalue weighted by Crippen LogP contribution is 2.18. The van der Waals surface area contributed by atoms with Gasteiger partial charge < -0.3 is 9.64 Å². The molecule has 1 aliphatic rings. The second-order valence-electron chi connectivity index (χ2n) is 7.14. The van der Waals surface area contributed by atoms with Crippen LogP contribution in [0.1, 0.15) is 70.6 Å². The van der Waals surface area contributed by atoms with Gasteiger partial charge in [0.15, 0.2) is 12.4 Å². The molecule has 0 aliphatic heterocycles. The van der Waals surface area contributed by atoms with Crippen molar-refractivity contribution in [3.63, 3.8) is 0 Å². The Bertz CT molecular complexity index is 404. The Morgan fingerprint density at radius 1 is 0.870 bits per heavy atom. The summed E-state index contributed by atoms with van der Waals surface area (Å²) in [6.45, 7) is 0.679. The summed E-state index contributed by atoms with van der Waals surface area (Å²) >= 11 is 0. The lowest BCUT2D eigenvalue weighted by atomic mass is 9.99. The summed E-state index contributed by atoms with van der Waals surface area (Å²) in [7, 11) is 4.14. The van der Waals surface area contributed by atoms with E-state index in [9.17, 15) is 0 Å². The van der Waals surface area contributed by atoms with Gasteiger partial charge in [-0.05, 0) is 12.8 Å². The second-order valence-corrected chi connectivity index (χ2v) is 7.14. The van der Waals surface area contributed by atoms with Crippen molar-refractivity contribution in [2.24, 2.45) is 0 Å². The first-order valence-corrected chi connectivity index (χ1v) is 9.54. The van der Waals surface area contributed by atoms with Gasteiger partial charge >= 0.3 is 0 Å². The average Bonchev–Trinajstić information content (AvgIpc) is 2.55. The van der Waals surface area contributed by atoms with Crippen molar-refractivity contribution in [2.75, 3.05) is 19.0 Å². The van der Waals surface area contributed by atoms with Crippen LogP contribution in [0.15, 0.2) is 24.5 Å². The van der Waals surface area contributed by atoms with E-state index >= 15 is 0 Å². The van der Waals surface area contributed by atoms with Crippen LogP contribution in [0.25, 0.3) is 0 Å². The van der Waals surface area contributed by atoms with E-state index in [2.05, 4.69) is 48.1 Å². The lowest BCUT2D eigenvalue weighted by Gasteiger charge is -2.17. The zero-order valence-electron chi connectivity index (χ0n) is 15.2. The number of hydrogen-bond donors (Lipinski definition) is 0. The molecule has 0 atom stereocenters. The third-order valence-corrected chi connectivity index (χ3v) is 4.90. The van der Waals surface area contributed by atoms with E-state index in [1.807, 2.05) is 0 Å². The van der Waals surface area contributed by atoms with Gasteiger partial charge in [0.1, 0.15) is 0 Å². The molecule has 1 aliphatic carbocycles. The molecule has 2 rings (SSSR count). The smallest absolute Gasteiger partial charge is 0.252 e. The van der Waals surface area contributed by atoms with Crippen LogP contribution >= 0.6 is 0 Å². The van der Waals surface area contributed by atoms with Crippen LogP contribution in [0.5, 0.6) is 0 Å². The highest BCUT2D eigenvalue weighted by molar-refractivity contribution is 5.41. The normalized spacial score (nSPS) is 18.9. The van der Waals surface area contributed by atoms with Crippen LogP contribution < -0.4 is 9.47 Å². The molecular formula is C20H35N2O+. The molecule has 1 aromatic rings. The molecule has 0 unspecified atom stereocenters. The number of ether oxygens (including phenoxy) is 1. The van der Waals surface area contributed by atoms with Crippen molar-refractivity contribution in [1.29, 1.82) is 0 Å². The quantitative estimate of drug-likeness (QED) is 0.749. The van der Waals surface area contributed by atoms with Crippen molar-refractivity contribution in [1.82, 2.24) is 0 Å². The van der Waals surface area contributed by atoms with Crippen LogP contribution in [-0.2, 0) is 11.5 Å². The summed E-state index contributed by atoms with van der Waals surface area (Å²) < 4.78 is 8.36. The molecule has 0 saturated heterocycles. The summed E-state index contributed by atoms with van der Waals surface area (Å²) in [5.74, 6) is 0. The number of nitrogens with zero attached hydrogens (tertiary/aromatic N) is 2. The van der Waals surface area contributed by atoms with Gasteiger partial charge in [0, 0.05) is 31.9 Å². The maximum absolute atomic E-state index is 6.22. The Labute approximate surface area is 142 Å². The molecule has 3 heteroatoms. The minimum absolute atomic E-state index is 0.440. The Morgan fingerprint density at radius 3 is 1.83 bits per heavy atom. The van der Waals surface area contributed by atoms with E-state index in [0.717, 1.165) is 0 Å². The summed E-state index contributed by atoms with van der Waals surface area (Å²) in [4.78, 5) is 2.12. The molecule has 1 heterocycles. The zero-order valence-corrected chi connectivity index (χ0v) is 15.2. The van der Waals surface area contributed by atoms with Crippen molar-refractivity contribution in [3.05, 3.63) is 24.5 Å². The van der Waals surface area contributed by atoms with E-state index in [1.54, 1.807) is 0 Å². The Balaban J connectivity index is 1.78. The van der Waals surface area contributed by atoms with E-state index in [4.69, 9.17) is 4.74 Å². The van der Waals surface area contributed by atoms with Gasteiger partial charge in [0.25, 0.3) is 6.73 Å². The third kappa shape index (κ3) is 7.34. The first-order chi connectivity index (χ1) is 11.3. The topological polar surface area (TPSA) is 16.4 Å². The van der Waals surface area contributed by atoms with Crippen molar-refractivity contribution in [3.8, 4) is 0 Å². The minimum Gasteiger partial charge on any atom is -0.377 e. The average molecular weight is 320 g/mol. The third-order valence-electron chi connectivity index (χ3n) is 4.90. The lowest BCUT2D eigenvalue weighted by molar-refractivity contribution is -0.734. The van der Waals surface area contributed by atoms with Crippen LogP contribution in [-0.4, -0.2) is 20.2 Å². The highest BCUT2D eigenvalue weighted by Gasteiger charge is 2.12. The number of rotatable bonds is 4. The molecule has 0 bridgehead atoms. The molecule has 23 heavy (non-hydrogen) atoms. The Kier molecular flexibility index (Phi) is 8.44. The van der Waals surface area contributed by atoms with Crippen molar-refractivity contribution in [2.45, 2.75) is 83.5 Å². The van der Waals surface area contributed by atoms with Gasteiger partial charge in [-0.2, -0.15) is 4.57 Å². The molecular weight excluding hydrogens is 284 g/mol. The first kappa shape index (κ1) is 18.3. The van der Waals surface area contributed by atoms with Gasteiger partial charge in [-0.1, -0.05) is 57.8 Å². The molecule has 0 amide bonds. The second kappa shape index (κ2) is 10.6. The van der Waals surface area contributed by atoms with Crippen LogP contribution in [0.2, 0.25) is 0 Å². The van der Waals surface area contributed by atoms with Gasteiger partial charge in [0.2, 0.25) is 0 Å². The molecule has 1 fully saturated rings. The van der Waals surface area contributed by atoms with E-state index in [1.165, 1.54) is 76.3 Å². The van der Waals surface area contributed by atoms with Crippen LogP contribution in [0.4, 0.5) is 5.69 Å². The van der Waals surface area contributed by atoms with E-state index < -0.39 is 0 Å². The predicted octanol–water partition coefficient (Wildman–Crippen LogP) is 4.69. The summed E-state index contributed by atoms with van der Waals surface area (Å²) in [6, 6.07) is 4.29. The van der Waals surface area contributed by atoms with Gasteiger partial charge in [-0.15, -0.1) is 0 Å². The molecule has 0 N–H and O–H groups in total. The number of hydrogen-bond acceptors (Lipinski definition) is 2. The minimum atomic E-state index is 0.440. The van der Waals surface area contributed by atoms with Crippen molar-refractivity contribution < 1.29 is 9.30 Å². The molecule has 1 aromatic heterocycles. The predicted molar refractivity (Wildman–Crippen MR) is 96.6 cm³/mol. The van der Waals surface area contributed by atoms with E-state index in [-0.39, 0.29) is 0 Å². The Morgan fingerprint density at radius 2 is 1.35 bits per heavy atom. The molecule has 0 spiro atoms. The molecule has 130 valence electrons. The number of aromatic nitrogens is 1. The maximum Gasteiger partial charge on any atom is 0.252 e. The maximum atomic E-state index is 6.22. The number of pyridine rings is 1. The van der Waals surface area contributed by atoms with Gasteiger partial charge in [-0.3, -0.25) is 0 Å². The van der Waals surface area contributed by atoms with Gasteiger partial charge in [0.05, 0.1) is 6.10 Å². The largest absolute Gasteiger partial charge is 0.377 e. The standard InChI is InChI=1S/C20H35N2O/c1-21(2)19-14-16-22(17-15-19)18-23-20-12-10-8-6-4-3-5-7-9-11-13-20/h14-17,20H,3-13,18H2,1-2H3/q+1. The monoisotopic (exact) mass is 319 g/mol. The molecule has 3 nitrogen and oxygen atoms in total. The van der Waals surface area contributed by atoms with E-state index in [0.29, 0.717) is 12.8 Å². The van der Waals surface area contributed by atoms with Gasteiger partial charge in [-0.25, -0.2) is 0 Å². The summed E-state index contributed by atoms with van der Waals surface area (Å²) in [5.41, 5.74) is 1.23. The fourth-order valence-electron chi connectivity index (χ4n) is 3.32. The number of anilines is 1. The fourth-order valence-corrected chi connectivity index (χ4v) is 3.32. The first-order valence-electron chi connectivity index (χ1n) is 9.54. The lowest BCUT2D eigenvalue weighted by Crippen LogP contribution is -2.36.